The maximum Gasteiger partial charge on any atom is 0.307 e. The molecule has 0 spiro atoms. The Bertz CT molecular complexity index is 398. The van der Waals surface area contributed by atoms with Gasteiger partial charge in [-0.2, -0.15) is 0 Å². The van der Waals surface area contributed by atoms with Crippen molar-refractivity contribution < 1.29 is 19.4 Å². The molecule has 0 aliphatic carbocycles. The number of hydrogen-bond donors (Lipinski definition) is 2. The van der Waals surface area contributed by atoms with E-state index < -0.39 is 6.04 Å². The number of phenols is 1. The van der Waals surface area contributed by atoms with Gasteiger partial charge in [0.2, 0.25) is 0 Å². The normalized spacial score (nSPS) is 11.3. The topological polar surface area (TPSA) is 81.8 Å². The van der Waals surface area contributed by atoms with Gasteiger partial charge in [-0.1, -0.05) is 6.07 Å². The number of nitrogens with two attached hydrogens (primary N) is 1. The van der Waals surface area contributed by atoms with Crippen molar-refractivity contribution in [3.05, 3.63) is 23.8 Å². The first-order chi connectivity index (χ1) is 8.08. The van der Waals surface area contributed by atoms with E-state index >= 15 is 0 Å². The zero-order chi connectivity index (χ0) is 12.8. The molecule has 0 heterocycles. The van der Waals surface area contributed by atoms with Crippen molar-refractivity contribution in [2.45, 2.75) is 19.4 Å². The van der Waals surface area contributed by atoms with Crippen LogP contribution in [0.5, 0.6) is 11.5 Å². The molecule has 1 rings (SSSR count). The predicted octanol–water partition coefficient (Wildman–Crippen LogP) is 1.78. The molecule has 1 aromatic rings. The Balaban J connectivity index is 0.00000289. The van der Waals surface area contributed by atoms with Crippen LogP contribution < -0.4 is 10.5 Å². The summed E-state index contributed by atoms with van der Waals surface area (Å²) in [5.74, 6) is 0.0356. The van der Waals surface area contributed by atoms with Crippen LogP contribution in [0.4, 0.5) is 0 Å². The summed E-state index contributed by atoms with van der Waals surface area (Å²) in [5.41, 5.74) is 6.58. The standard InChI is InChI=1S/C12H17NO4.ClH/c1-3-17-12(15)7-9(13)8-4-5-10(14)11(6-8)16-2;/h4-6,9,14H,3,7,13H2,1-2H3;1H/t9-;/m0./s1. The lowest BCUT2D eigenvalue weighted by molar-refractivity contribution is -0.143. The van der Waals surface area contributed by atoms with Gasteiger partial charge >= 0.3 is 5.97 Å². The van der Waals surface area contributed by atoms with E-state index in [0.717, 1.165) is 0 Å². The number of halogens is 1. The van der Waals surface area contributed by atoms with Crippen molar-refractivity contribution in [1.82, 2.24) is 0 Å². The van der Waals surface area contributed by atoms with Gasteiger partial charge in [-0.05, 0) is 24.6 Å². The molecule has 0 aromatic heterocycles. The molecule has 0 bridgehead atoms. The average Bonchev–Trinajstić information content (AvgIpc) is 2.29. The molecule has 6 heteroatoms. The summed E-state index contributed by atoms with van der Waals surface area (Å²) >= 11 is 0. The molecule has 0 fully saturated rings. The molecule has 0 radical (unpaired) electrons. The van der Waals surface area contributed by atoms with Crippen molar-refractivity contribution >= 4 is 18.4 Å². The molecule has 1 aromatic carbocycles. The molecule has 1 atom stereocenters. The van der Waals surface area contributed by atoms with E-state index in [1.807, 2.05) is 0 Å². The molecule has 0 saturated heterocycles. The van der Waals surface area contributed by atoms with Crippen molar-refractivity contribution in [2.75, 3.05) is 13.7 Å². The Morgan fingerprint density at radius 3 is 2.72 bits per heavy atom. The van der Waals surface area contributed by atoms with Crippen LogP contribution in [0.2, 0.25) is 0 Å². The molecule has 102 valence electrons. The number of benzene rings is 1. The third kappa shape index (κ3) is 4.43. The third-order valence-electron chi connectivity index (χ3n) is 2.32. The lowest BCUT2D eigenvalue weighted by atomic mass is 10.0. The van der Waals surface area contributed by atoms with Crippen LogP contribution in [0.25, 0.3) is 0 Å². The number of rotatable bonds is 5. The number of phenolic OH excluding ortho intramolecular Hbond substituents is 1. The summed E-state index contributed by atoms with van der Waals surface area (Å²) in [4.78, 5) is 11.3. The summed E-state index contributed by atoms with van der Waals surface area (Å²) in [6, 6.07) is 4.28. The SMILES string of the molecule is CCOC(=O)C[C@H](N)c1ccc(O)c(OC)c1.Cl. The van der Waals surface area contributed by atoms with Gasteiger partial charge in [0.25, 0.3) is 0 Å². The summed E-state index contributed by atoms with van der Waals surface area (Å²) in [7, 11) is 1.45. The summed E-state index contributed by atoms with van der Waals surface area (Å²) in [5, 5.41) is 9.43. The number of esters is 1. The number of hydrogen-bond acceptors (Lipinski definition) is 5. The third-order valence-corrected chi connectivity index (χ3v) is 2.32. The van der Waals surface area contributed by atoms with Gasteiger partial charge in [0.1, 0.15) is 0 Å². The fourth-order valence-electron chi connectivity index (χ4n) is 1.44. The fraction of sp³-hybridized carbons (Fsp3) is 0.417. The second-order valence-corrected chi connectivity index (χ2v) is 3.55. The molecule has 0 aliphatic heterocycles. The molecule has 5 nitrogen and oxygen atoms in total. The smallest absolute Gasteiger partial charge is 0.307 e. The summed E-state index contributed by atoms with van der Waals surface area (Å²) in [6.07, 6.45) is 0.0990. The molecule has 18 heavy (non-hydrogen) atoms. The molecule has 3 N–H and O–H groups in total. The minimum absolute atomic E-state index is 0. The molecule has 0 aliphatic rings. The summed E-state index contributed by atoms with van der Waals surface area (Å²) in [6.45, 7) is 2.08. The summed E-state index contributed by atoms with van der Waals surface area (Å²) < 4.78 is 9.78. The van der Waals surface area contributed by atoms with Crippen LogP contribution >= 0.6 is 12.4 Å². The number of ether oxygens (including phenoxy) is 2. The van der Waals surface area contributed by atoms with E-state index in [4.69, 9.17) is 15.2 Å². The Kier molecular flexibility index (Phi) is 7.16. The van der Waals surface area contributed by atoms with E-state index in [9.17, 15) is 9.90 Å². The minimum atomic E-state index is -0.469. The largest absolute Gasteiger partial charge is 0.504 e. The molecule has 0 saturated carbocycles. The van der Waals surface area contributed by atoms with Gasteiger partial charge < -0.3 is 20.3 Å². The Labute approximate surface area is 112 Å². The maximum atomic E-state index is 11.3. The van der Waals surface area contributed by atoms with Crippen molar-refractivity contribution in [2.24, 2.45) is 5.73 Å². The van der Waals surface area contributed by atoms with Gasteiger partial charge in [0.15, 0.2) is 11.5 Å². The lowest BCUT2D eigenvalue weighted by Gasteiger charge is -2.13. The van der Waals surface area contributed by atoms with E-state index in [-0.39, 0.29) is 30.5 Å². The lowest BCUT2D eigenvalue weighted by Crippen LogP contribution is -2.17. The van der Waals surface area contributed by atoms with Crippen molar-refractivity contribution in [3.8, 4) is 11.5 Å². The highest BCUT2D eigenvalue weighted by Crippen LogP contribution is 2.29. The van der Waals surface area contributed by atoms with Gasteiger partial charge in [-0.3, -0.25) is 4.79 Å². The fourth-order valence-corrected chi connectivity index (χ4v) is 1.44. The second kappa shape index (κ2) is 7.79. The molecular formula is C12H18ClNO4. The first-order valence-corrected chi connectivity index (χ1v) is 5.36. The Morgan fingerprint density at radius 1 is 1.50 bits per heavy atom. The van der Waals surface area contributed by atoms with Crippen LogP contribution in [-0.2, 0) is 9.53 Å². The first-order valence-electron chi connectivity index (χ1n) is 5.36. The highest BCUT2D eigenvalue weighted by atomic mass is 35.5. The van der Waals surface area contributed by atoms with E-state index in [0.29, 0.717) is 17.9 Å². The zero-order valence-electron chi connectivity index (χ0n) is 10.4. The predicted molar refractivity (Wildman–Crippen MR) is 70.1 cm³/mol. The number of aromatic hydroxyl groups is 1. The van der Waals surface area contributed by atoms with Crippen LogP contribution in [0.3, 0.4) is 0 Å². The minimum Gasteiger partial charge on any atom is -0.504 e. The zero-order valence-corrected chi connectivity index (χ0v) is 11.2. The van der Waals surface area contributed by atoms with Gasteiger partial charge in [-0.25, -0.2) is 0 Å². The molecule has 0 amide bonds. The van der Waals surface area contributed by atoms with Crippen molar-refractivity contribution in [3.63, 3.8) is 0 Å². The highest BCUT2D eigenvalue weighted by Gasteiger charge is 2.14. The van der Waals surface area contributed by atoms with E-state index in [2.05, 4.69) is 0 Å². The van der Waals surface area contributed by atoms with E-state index in [1.165, 1.54) is 13.2 Å². The molecular weight excluding hydrogens is 258 g/mol. The number of methoxy groups -OCH3 is 1. The van der Waals surface area contributed by atoms with Gasteiger partial charge in [0, 0.05) is 6.04 Å². The van der Waals surface area contributed by atoms with E-state index in [1.54, 1.807) is 19.1 Å². The first kappa shape index (κ1) is 16.5. The van der Waals surface area contributed by atoms with Crippen LogP contribution in [-0.4, -0.2) is 24.8 Å². The highest BCUT2D eigenvalue weighted by molar-refractivity contribution is 5.85. The number of carbonyl (C=O) groups excluding carboxylic acids is 1. The van der Waals surface area contributed by atoms with Gasteiger partial charge in [0.05, 0.1) is 20.1 Å². The van der Waals surface area contributed by atoms with Gasteiger partial charge in [-0.15, -0.1) is 12.4 Å². The van der Waals surface area contributed by atoms with Crippen LogP contribution in [0.1, 0.15) is 24.9 Å². The monoisotopic (exact) mass is 275 g/mol. The average molecular weight is 276 g/mol. The Hall–Kier alpha value is -1.46. The van der Waals surface area contributed by atoms with Crippen LogP contribution in [0, 0.1) is 0 Å². The molecule has 0 unspecified atom stereocenters. The number of carbonyl (C=O) groups is 1. The second-order valence-electron chi connectivity index (χ2n) is 3.55. The van der Waals surface area contributed by atoms with Crippen molar-refractivity contribution in [1.29, 1.82) is 0 Å². The maximum absolute atomic E-state index is 11.3. The quantitative estimate of drug-likeness (QED) is 0.801. The Morgan fingerprint density at radius 2 is 2.17 bits per heavy atom. The van der Waals surface area contributed by atoms with Crippen LogP contribution in [0.15, 0.2) is 18.2 Å².